The lowest BCUT2D eigenvalue weighted by Gasteiger charge is -2.19. The largest absolute Gasteiger partial charge is 0.493 e. The van der Waals surface area contributed by atoms with E-state index in [-0.39, 0.29) is 5.85 Å². The van der Waals surface area contributed by atoms with Crippen LogP contribution in [0.5, 0.6) is 0 Å². The fraction of sp³-hybridized carbons (Fsp3) is 0.167. The maximum absolute atomic E-state index is 5.59. The van der Waals surface area contributed by atoms with Gasteiger partial charge in [0.15, 0.2) is 0 Å². The lowest BCUT2D eigenvalue weighted by atomic mass is 10.5. The molecular formula is C12H11O3P. The van der Waals surface area contributed by atoms with E-state index in [0.717, 1.165) is 17.4 Å². The highest BCUT2D eigenvalue weighted by molar-refractivity contribution is 7.72. The summed E-state index contributed by atoms with van der Waals surface area (Å²) < 4.78 is 16.6. The van der Waals surface area contributed by atoms with Crippen LogP contribution in [0.15, 0.2) is 58.0 Å². The van der Waals surface area contributed by atoms with Crippen LogP contribution in [0, 0.1) is 0 Å². The predicted octanol–water partition coefficient (Wildman–Crippen LogP) is 2.57. The van der Waals surface area contributed by atoms with Gasteiger partial charge in [0.05, 0.1) is 26.7 Å². The molecule has 2 aromatic rings. The van der Waals surface area contributed by atoms with Gasteiger partial charge in [-0.25, -0.2) is 0 Å². The van der Waals surface area contributed by atoms with Crippen LogP contribution in [0.1, 0.15) is 6.42 Å². The Bertz CT molecular complexity index is 416. The van der Waals surface area contributed by atoms with Gasteiger partial charge in [-0.3, -0.25) is 0 Å². The predicted molar refractivity (Wildman–Crippen MR) is 62.2 cm³/mol. The van der Waals surface area contributed by atoms with E-state index in [2.05, 4.69) is 0 Å². The van der Waals surface area contributed by atoms with Crippen LogP contribution in [0.2, 0.25) is 0 Å². The van der Waals surface area contributed by atoms with Crippen LogP contribution in [0.3, 0.4) is 0 Å². The molecule has 3 nitrogen and oxygen atoms in total. The van der Waals surface area contributed by atoms with Crippen molar-refractivity contribution >= 4 is 18.9 Å². The summed E-state index contributed by atoms with van der Waals surface area (Å²) >= 11 is 0. The average Bonchev–Trinajstić information content (AvgIpc) is 3.02. The van der Waals surface area contributed by atoms with Crippen molar-refractivity contribution < 1.29 is 13.6 Å². The molecule has 1 atom stereocenters. The second kappa shape index (κ2) is 4.18. The van der Waals surface area contributed by atoms with E-state index in [0.29, 0.717) is 0 Å². The van der Waals surface area contributed by atoms with Gasteiger partial charge < -0.3 is 13.6 Å². The molecule has 0 fully saturated rings. The van der Waals surface area contributed by atoms with Crippen LogP contribution < -0.4 is 11.0 Å². The van der Waals surface area contributed by atoms with Gasteiger partial charge in [0.25, 0.3) is 0 Å². The molecule has 2 aromatic heterocycles. The minimum absolute atomic E-state index is 0.132. The van der Waals surface area contributed by atoms with Crippen molar-refractivity contribution in [1.82, 2.24) is 0 Å². The summed E-state index contributed by atoms with van der Waals surface area (Å²) in [7, 11) is -0.696. The molecule has 0 aromatic carbocycles. The van der Waals surface area contributed by atoms with Crippen molar-refractivity contribution in [2.45, 2.75) is 12.3 Å². The van der Waals surface area contributed by atoms with Gasteiger partial charge in [0.1, 0.15) is 16.8 Å². The third kappa shape index (κ3) is 1.68. The van der Waals surface area contributed by atoms with E-state index < -0.39 is 7.92 Å². The quantitative estimate of drug-likeness (QED) is 0.765. The zero-order valence-corrected chi connectivity index (χ0v) is 9.47. The monoisotopic (exact) mass is 234 g/mol. The lowest BCUT2D eigenvalue weighted by Crippen LogP contribution is -2.19. The second-order valence-electron chi connectivity index (χ2n) is 3.47. The Kier molecular flexibility index (Phi) is 2.55. The Morgan fingerprint density at radius 3 is 2.19 bits per heavy atom. The Morgan fingerprint density at radius 2 is 1.75 bits per heavy atom. The highest BCUT2D eigenvalue weighted by Crippen LogP contribution is 2.44. The molecular weight excluding hydrogens is 223 g/mol. The van der Waals surface area contributed by atoms with E-state index in [1.165, 1.54) is 0 Å². The summed E-state index contributed by atoms with van der Waals surface area (Å²) in [6, 6.07) is 7.76. The van der Waals surface area contributed by atoms with Gasteiger partial charge in [0.2, 0.25) is 0 Å². The maximum atomic E-state index is 5.59. The fourth-order valence-corrected chi connectivity index (χ4v) is 3.90. The van der Waals surface area contributed by atoms with Crippen molar-refractivity contribution in [2.24, 2.45) is 0 Å². The first-order chi connectivity index (χ1) is 7.95. The molecule has 4 heteroatoms. The Labute approximate surface area is 94.5 Å². The molecule has 3 heterocycles. The van der Waals surface area contributed by atoms with E-state index in [1.54, 1.807) is 18.8 Å². The molecule has 1 aliphatic rings. The molecule has 3 rings (SSSR count). The van der Waals surface area contributed by atoms with Crippen LogP contribution in [-0.2, 0) is 4.74 Å². The van der Waals surface area contributed by atoms with E-state index in [4.69, 9.17) is 13.6 Å². The summed E-state index contributed by atoms with van der Waals surface area (Å²) in [4.78, 5) is 0. The zero-order chi connectivity index (χ0) is 10.8. The van der Waals surface area contributed by atoms with Crippen LogP contribution >= 0.6 is 7.92 Å². The first kappa shape index (κ1) is 9.73. The molecule has 0 N–H and O–H groups in total. The fourth-order valence-electron chi connectivity index (χ4n) is 1.75. The minimum Gasteiger partial charge on any atom is -0.493 e. The Balaban J connectivity index is 1.95. The number of rotatable bonds is 3. The topological polar surface area (TPSA) is 35.5 Å². The van der Waals surface area contributed by atoms with Crippen molar-refractivity contribution in [1.29, 1.82) is 0 Å². The molecule has 0 saturated carbocycles. The summed E-state index contributed by atoms with van der Waals surface area (Å²) in [5.74, 6) is 0.132. The summed E-state index contributed by atoms with van der Waals surface area (Å²) in [5, 5.41) is 0. The number of hydrogen-bond acceptors (Lipinski definition) is 3. The molecule has 16 heavy (non-hydrogen) atoms. The zero-order valence-electron chi connectivity index (χ0n) is 8.58. The molecule has 0 saturated heterocycles. The number of ether oxygens (including phenoxy) is 1. The van der Waals surface area contributed by atoms with E-state index >= 15 is 0 Å². The maximum Gasteiger partial charge on any atom is 0.136 e. The normalized spacial score (nSPS) is 19.2. The number of hydrogen-bond donors (Lipinski definition) is 0. The molecule has 0 bridgehead atoms. The molecule has 0 amide bonds. The van der Waals surface area contributed by atoms with Crippen LogP contribution in [0.4, 0.5) is 0 Å². The third-order valence-corrected chi connectivity index (χ3v) is 4.81. The van der Waals surface area contributed by atoms with E-state index in [9.17, 15) is 0 Å². The van der Waals surface area contributed by atoms with Gasteiger partial charge >= 0.3 is 0 Å². The highest BCUT2D eigenvalue weighted by atomic mass is 31.1. The Hall–Kier alpha value is -1.47. The van der Waals surface area contributed by atoms with Crippen LogP contribution in [0.25, 0.3) is 0 Å². The van der Waals surface area contributed by atoms with Gasteiger partial charge in [-0.15, -0.1) is 0 Å². The summed E-state index contributed by atoms with van der Waals surface area (Å²) in [5.41, 5.74) is 1.89. The number of furan rings is 2. The van der Waals surface area contributed by atoms with Crippen molar-refractivity contribution in [3.8, 4) is 0 Å². The molecule has 82 valence electrons. The molecule has 1 aliphatic heterocycles. The first-order valence-electron chi connectivity index (χ1n) is 5.12. The Morgan fingerprint density at radius 1 is 1.06 bits per heavy atom. The van der Waals surface area contributed by atoms with Gasteiger partial charge in [-0.1, -0.05) is 0 Å². The summed E-state index contributed by atoms with van der Waals surface area (Å²) in [6.45, 7) is 0. The minimum atomic E-state index is -0.696. The van der Waals surface area contributed by atoms with Gasteiger partial charge in [-0.2, -0.15) is 0 Å². The molecule has 0 radical (unpaired) electrons. The smallest absolute Gasteiger partial charge is 0.136 e. The van der Waals surface area contributed by atoms with Crippen molar-refractivity contribution in [2.75, 3.05) is 0 Å². The molecule has 0 spiro atoms. The highest BCUT2D eigenvalue weighted by Gasteiger charge is 2.31. The standard InChI is InChI=1S/C12H11O3P/c1-4-10(13-7-1)16(11-5-2-8-14-11)12-6-3-9-15-12/h1-5,7-9,12H,6H2. The second-order valence-corrected chi connectivity index (χ2v) is 5.67. The SMILES string of the molecule is C1=COC(P(c2ccco2)c2ccco2)C1. The van der Waals surface area contributed by atoms with Gasteiger partial charge in [0, 0.05) is 6.42 Å². The van der Waals surface area contributed by atoms with Gasteiger partial charge in [-0.05, 0) is 30.3 Å². The summed E-state index contributed by atoms with van der Waals surface area (Å²) in [6.07, 6.45) is 8.08. The average molecular weight is 234 g/mol. The molecule has 1 unspecified atom stereocenters. The van der Waals surface area contributed by atoms with Crippen molar-refractivity contribution in [3.63, 3.8) is 0 Å². The van der Waals surface area contributed by atoms with Crippen LogP contribution in [-0.4, -0.2) is 5.85 Å². The van der Waals surface area contributed by atoms with Crippen molar-refractivity contribution in [3.05, 3.63) is 49.1 Å². The first-order valence-corrected chi connectivity index (χ1v) is 6.53. The third-order valence-electron chi connectivity index (χ3n) is 2.44. The lowest BCUT2D eigenvalue weighted by molar-refractivity contribution is 0.246. The van der Waals surface area contributed by atoms with E-state index in [1.807, 2.05) is 30.3 Å². The molecule has 0 aliphatic carbocycles.